The maximum absolute atomic E-state index is 0. The minimum atomic E-state index is 0. The van der Waals surface area contributed by atoms with E-state index in [0.717, 1.165) is 0 Å². The molecular formula is H56K50O28+50. The van der Waals surface area contributed by atoms with Crippen molar-refractivity contribution in [2.45, 2.75) is 0 Å². The second kappa shape index (κ2) is 595. The van der Waals surface area contributed by atoms with E-state index < -0.39 is 0 Å². The van der Waals surface area contributed by atoms with E-state index in [2.05, 4.69) is 0 Å². The largest absolute Gasteiger partial charge is 1.00 e. The molecule has 78 heteroatoms. The Morgan fingerprint density at radius 3 is 0.0256 bits per heavy atom. The van der Waals surface area contributed by atoms with Crippen molar-refractivity contribution in [1.82, 2.24) is 0 Å². The normalized spacial score (nSPS) is 0. The first-order valence-corrected chi connectivity index (χ1v) is 0. The van der Waals surface area contributed by atoms with Gasteiger partial charge in [-0.1, -0.05) is 0 Å². The fraction of sp³-hybridized carbons (Fsp3) is 0. The van der Waals surface area contributed by atoms with Crippen LogP contribution in [0.5, 0.6) is 0 Å². The summed E-state index contributed by atoms with van der Waals surface area (Å²) in [5.41, 5.74) is 0. The number of hydrogen-bond donors (Lipinski definition) is 0. The molecule has 0 aliphatic carbocycles. The molecule has 0 amide bonds. The third kappa shape index (κ3) is 583. The summed E-state index contributed by atoms with van der Waals surface area (Å²) in [4.78, 5) is 0. The van der Waals surface area contributed by atoms with Gasteiger partial charge in [0.1, 0.15) is 0 Å². The second-order valence-corrected chi connectivity index (χ2v) is 0. The van der Waals surface area contributed by atoms with Crippen LogP contribution in [-0.4, -0.2) is 153 Å². The van der Waals surface area contributed by atoms with Gasteiger partial charge in [-0.3, -0.25) is 0 Å². The zero-order valence-electron chi connectivity index (χ0n) is 64.0. The Bertz CT molecular complexity index is 73.5. The first-order valence-electron chi connectivity index (χ1n) is 0. The molecule has 78 heavy (non-hydrogen) atoms. The van der Waals surface area contributed by atoms with Crippen LogP contribution < -0.4 is 2570 Å². The SMILES string of the molecule is O.O.O.O.O.O.O.O.O.O.O.O.O.O.O.O.O.O.O.O.O.O.O.O.O.O.O.O.[K+].[K+].[K+].[K+].[K+].[K+].[K+].[K+].[K+].[K+].[K+].[K+].[K+].[K+].[K+].[K+].[K+].[K+].[K+].[K+].[K+].[K+].[K+].[K+].[K+].[K+].[K+].[K+].[K+].[K+].[K+].[K+].[K+].[K+].[K+].[K+].[K+].[K+].[K+].[K+].[K+].[K+].[K+].[K+].[K+].[K+].[K+].[K+].[K+].[K+]. The molecular weight excluding hydrogens is 2400 g/mol. The molecule has 0 aromatic rings. The summed E-state index contributed by atoms with van der Waals surface area (Å²) in [5.74, 6) is 0. The van der Waals surface area contributed by atoms with Gasteiger partial charge in [0.2, 0.25) is 0 Å². The van der Waals surface area contributed by atoms with E-state index in [4.69, 9.17) is 0 Å². The molecule has 0 rings (SSSR count). The zero-order chi connectivity index (χ0) is 0. The van der Waals surface area contributed by atoms with Gasteiger partial charge >= 0.3 is 2570 Å². The van der Waals surface area contributed by atoms with E-state index in [9.17, 15) is 0 Å². The van der Waals surface area contributed by atoms with Gasteiger partial charge in [0.25, 0.3) is 0 Å². The average Bonchev–Trinajstić information content (AvgIpc) is 0. The Morgan fingerprint density at radius 1 is 0.0256 bits per heavy atom. The number of rotatable bonds is 0. The van der Waals surface area contributed by atoms with E-state index in [1.807, 2.05) is 0 Å². The molecule has 0 aromatic carbocycles. The summed E-state index contributed by atoms with van der Waals surface area (Å²) in [6.45, 7) is 0. The van der Waals surface area contributed by atoms with Gasteiger partial charge in [0.15, 0.2) is 0 Å². The second-order valence-electron chi connectivity index (χ2n) is 0. The van der Waals surface area contributed by atoms with Crippen LogP contribution in [0.15, 0.2) is 0 Å². The molecule has 0 heterocycles. The van der Waals surface area contributed by atoms with Gasteiger partial charge < -0.3 is 153 Å². The molecule has 0 spiro atoms. The Labute approximate surface area is 2600 Å². The van der Waals surface area contributed by atoms with Crippen LogP contribution in [0.1, 0.15) is 0 Å². The minimum absolute atomic E-state index is 0. The molecule has 0 radical (unpaired) electrons. The molecule has 0 aromatic heterocycles. The molecule has 0 fully saturated rings. The first kappa shape index (κ1) is 606. The van der Waals surface area contributed by atoms with E-state index in [1.165, 1.54) is 0 Å². The summed E-state index contributed by atoms with van der Waals surface area (Å²) in [6, 6.07) is 0. The summed E-state index contributed by atoms with van der Waals surface area (Å²) in [6.07, 6.45) is 0. The molecule has 0 bridgehead atoms. The first-order chi connectivity index (χ1) is 0. The quantitative estimate of drug-likeness (QED) is 0.204. The molecule has 0 unspecified atom stereocenters. The summed E-state index contributed by atoms with van der Waals surface area (Å²) in [5, 5.41) is 0. The topological polar surface area (TPSA) is 882 Å². The molecule has 0 atom stereocenters. The molecule has 0 aliphatic heterocycles. The van der Waals surface area contributed by atoms with Crippen LogP contribution in [0.3, 0.4) is 0 Å². The van der Waals surface area contributed by atoms with E-state index in [-0.39, 0.29) is 2720 Å². The predicted molar refractivity (Wildman–Crippen MR) is 101 cm³/mol. The Morgan fingerprint density at radius 2 is 0.0256 bits per heavy atom. The van der Waals surface area contributed by atoms with E-state index in [0.29, 0.717) is 0 Å². The summed E-state index contributed by atoms with van der Waals surface area (Å²) >= 11 is 0. The molecule has 0 aliphatic rings. The molecule has 0 saturated heterocycles. The van der Waals surface area contributed by atoms with Gasteiger partial charge in [-0.05, 0) is 0 Å². The maximum Gasteiger partial charge on any atom is 1.00 e. The van der Waals surface area contributed by atoms with Crippen LogP contribution in [-0.2, 0) is 0 Å². The standard InChI is InChI=1S/50K.28H2O/h;;;;;;;;;;;;;;;;;;;;;;;;;;;;;;;;;;;;;;;;;;;;;;;;;;28*1H2/q50*+1;;;;;;;;;;;;;;;;;;;;;;;;;;;;. The van der Waals surface area contributed by atoms with E-state index >= 15 is 0 Å². The van der Waals surface area contributed by atoms with Crippen molar-refractivity contribution in [3.63, 3.8) is 0 Å². The minimum Gasteiger partial charge on any atom is -0.412 e. The molecule has 28 nitrogen and oxygen atoms in total. The Balaban J connectivity index is 0. The fourth-order valence-electron chi connectivity index (χ4n) is 0. The number of hydrogen-bond acceptors (Lipinski definition) is 0. The predicted octanol–water partition coefficient (Wildman–Crippen LogP) is -173. The maximum atomic E-state index is 0. The van der Waals surface area contributed by atoms with Crippen molar-refractivity contribution >= 4 is 0 Å². The van der Waals surface area contributed by atoms with Gasteiger partial charge in [-0.15, -0.1) is 0 Å². The Hall–Kier alpha value is 80.7. The van der Waals surface area contributed by atoms with Crippen LogP contribution in [0.4, 0.5) is 0 Å². The third-order valence-electron chi connectivity index (χ3n) is 0. The van der Waals surface area contributed by atoms with Crippen molar-refractivity contribution in [1.29, 1.82) is 0 Å². The van der Waals surface area contributed by atoms with Crippen molar-refractivity contribution in [2.75, 3.05) is 0 Å². The summed E-state index contributed by atoms with van der Waals surface area (Å²) in [7, 11) is 0. The van der Waals surface area contributed by atoms with Crippen LogP contribution in [0, 0.1) is 0 Å². The monoisotopic (exact) mass is 2450 g/mol. The van der Waals surface area contributed by atoms with Gasteiger partial charge in [0, 0.05) is 0 Å². The molecule has 224 valence electrons. The molecule has 56 N–H and O–H groups in total. The van der Waals surface area contributed by atoms with Crippen molar-refractivity contribution < 1.29 is 2720 Å². The Kier molecular flexibility index (Phi) is 4620. The van der Waals surface area contributed by atoms with Gasteiger partial charge in [0.05, 0.1) is 0 Å². The van der Waals surface area contributed by atoms with Crippen LogP contribution in [0.2, 0.25) is 0 Å². The van der Waals surface area contributed by atoms with Crippen molar-refractivity contribution in [2.24, 2.45) is 0 Å². The van der Waals surface area contributed by atoms with Crippen LogP contribution >= 0.6 is 0 Å². The van der Waals surface area contributed by atoms with Crippen molar-refractivity contribution in [3.8, 4) is 0 Å². The molecule has 0 saturated carbocycles. The van der Waals surface area contributed by atoms with Gasteiger partial charge in [-0.25, -0.2) is 0 Å². The van der Waals surface area contributed by atoms with Crippen LogP contribution in [0.25, 0.3) is 0 Å². The average molecular weight is 2460 g/mol. The smallest absolute Gasteiger partial charge is 0.412 e. The fourth-order valence-corrected chi connectivity index (χ4v) is 0. The summed E-state index contributed by atoms with van der Waals surface area (Å²) < 4.78 is 0. The third-order valence-corrected chi connectivity index (χ3v) is 0. The zero-order valence-corrected chi connectivity index (χ0v) is 220. The van der Waals surface area contributed by atoms with E-state index in [1.54, 1.807) is 0 Å². The van der Waals surface area contributed by atoms with Crippen molar-refractivity contribution in [3.05, 3.63) is 0 Å². The van der Waals surface area contributed by atoms with Gasteiger partial charge in [-0.2, -0.15) is 0 Å².